The highest BCUT2D eigenvalue weighted by Crippen LogP contribution is 2.12. The second-order valence-electron chi connectivity index (χ2n) is 5.69. The number of carbonyl (C=O) groups excluding carboxylic acids is 2. The summed E-state index contributed by atoms with van der Waals surface area (Å²) < 4.78 is 0. The molecule has 0 radical (unpaired) electrons. The maximum Gasteiger partial charge on any atom is 0.242 e. The smallest absolute Gasteiger partial charge is 0.242 e. The normalized spacial score (nSPS) is 15.1. The molecule has 5 nitrogen and oxygen atoms in total. The minimum Gasteiger partial charge on any atom is -0.340 e. The zero-order valence-corrected chi connectivity index (χ0v) is 12.9. The molecule has 1 fully saturated rings. The zero-order valence-electron chi connectivity index (χ0n) is 12.9. The number of amides is 2. The lowest BCUT2D eigenvalue weighted by atomic mass is 10.1. The monoisotopic (exact) mass is 299 g/mol. The van der Waals surface area contributed by atoms with Crippen molar-refractivity contribution < 1.29 is 9.59 Å². The third-order valence-electron chi connectivity index (χ3n) is 3.90. The zero-order chi connectivity index (χ0) is 15.9. The van der Waals surface area contributed by atoms with Crippen molar-refractivity contribution in [1.29, 1.82) is 5.26 Å². The van der Waals surface area contributed by atoms with Crippen LogP contribution in [0.1, 0.15) is 36.8 Å². The van der Waals surface area contributed by atoms with E-state index in [0.717, 1.165) is 24.8 Å². The standard InChI is InChI=1S/C17H21N3O2/c1-19(12-15-7-5-6-14(10-15)11-18)17(22)13-20-9-4-2-3-8-16(20)21/h5-7,10H,2-4,8-9,12-13H2,1H3. The van der Waals surface area contributed by atoms with E-state index in [2.05, 4.69) is 6.07 Å². The number of rotatable bonds is 4. The molecule has 0 saturated carbocycles. The fourth-order valence-electron chi connectivity index (χ4n) is 2.59. The van der Waals surface area contributed by atoms with Gasteiger partial charge in [0.15, 0.2) is 0 Å². The van der Waals surface area contributed by atoms with Crippen LogP contribution in [-0.2, 0) is 16.1 Å². The largest absolute Gasteiger partial charge is 0.340 e. The Kier molecular flexibility index (Phi) is 5.54. The molecule has 0 spiro atoms. The molecule has 0 unspecified atom stereocenters. The summed E-state index contributed by atoms with van der Waals surface area (Å²) in [6, 6.07) is 9.31. The van der Waals surface area contributed by atoms with E-state index in [9.17, 15) is 9.59 Å². The molecule has 1 heterocycles. The number of likely N-dealkylation sites (tertiary alicyclic amines) is 1. The van der Waals surface area contributed by atoms with Crippen LogP contribution in [-0.4, -0.2) is 41.8 Å². The third kappa shape index (κ3) is 4.32. The molecule has 1 aromatic rings. The first-order chi connectivity index (χ1) is 10.6. The lowest BCUT2D eigenvalue weighted by molar-refractivity contribution is -0.139. The van der Waals surface area contributed by atoms with Crippen LogP contribution in [0.2, 0.25) is 0 Å². The van der Waals surface area contributed by atoms with Gasteiger partial charge < -0.3 is 9.80 Å². The van der Waals surface area contributed by atoms with E-state index in [-0.39, 0.29) is 18.4 Å². The Labute approximate surface area is 131 Å². The number of nitriles is 1. The Morgan fingerprint density at radius 1 is 1.36 bits per heavy atom. The first kappa shape index (κ1) is 16.0. The van der Waals surface area contributed by atoms with E-state index >= 15 is 0 Å². The maximum absolute atomic E-state index is 12.3. The summed E-state index contributed by atoms with van der Waals surface area (Å²) in [7, 11) is 1.73. The molecule has 0 N–H and O–H groups in total. The van der Waals surface area contributed by atoms with Crippen molar-refractivity contribution in [3.63, 3.8) is 0 Å². The van der Waals surface area contributed by atoms with E-state index in [1.807, 2.05) is 12.1 Å². The number of benzene rings is 1. The van der Waals surface area contributed by atoms with Gasteiger partial charge in [0, 0.05) is 26.6 Å². The summed E-state index contributed by atoms with van der Waals surface area (Å²) in [4.78, 5) is 27.5. The molecular formula is C17H21N3O2. The number of likely N-dealkylation sites (N-methyl/N-ethyl adjacent to an activating group) is 1. The van der Waals surface area contributed by atoms with Gasteiger partial charge in [-0.15, -0.1) is 0 Å². The van der Waals surface area contributed by atoms with Gasteiger partial charge in [-0.05, 0) is 30.5 Å². The van der Waals surface area contributed by atoms with Crippen molar-refractivity contribution in [3.05, 3.63) is 35.4 Å². The van der Waals surface area contributed by atoms with Gasteiger partial charge in [0.2, 0.25) is 11.8 Å². The van der Waals surface area contributed by atoms with Crippen molar-refractivity contribution in [3.8, 4) is 6.07 Å². The summed E-state index contributed by atoms with van der Waals surface area (Å²) in [5.41, 5.74) is 1.50. The van der Waals surface area contributed by atoms with Gasteiger partial charge in [0.25, 0.3) is 0 Å². The molecule has 2 amide bonds. The number of nitrogens with zero attached hydrogens (tertiary/aromatic N) is 3. The van der Waals surface area contributed by atoms with Gasteiger partial charge in [-0.1, -0.05) is 18.6 Å². The van der Waals surface area contributed by atoms with E-state index < -0.39 is 0 Å². The summed E-state index contributed by atoms with van der Waals surface area (Å²) >= 11 is 0. The average Bonchev–Trinajstić information content (AvgIpc) is 2.72. The van der Waals surface area contributed by atoms with E-state index in [1.165, 1.54) is 0 Å². The topological polar surface area (TPSA) is 64.4 Å². The lowest BCUT2D eigenvalue weighted by Crippen LogP contribution is -2.41. The summed E-state index contributed by atoms with van der Waals surface area (Å²) in [6.07, 6.45) is 3.47. The highest BCUT2D eigenvalue weighted by atomic mass is 16.2. The predicted molar refractivity (Wildman–Crippen MR) is 82.7 cm³/mol. The molecule has 0 bridgehead atoms. The number of hydrogen-bond donors (Lipinski definition) is 0. The molecule has 0 atom stereocenters. The van der Waals surface area contributed by atoms with Crippen LogP contribution in [0.5, 0.6) is 0 Å². The molecule has 116 valence electrons. The number of hydrogen-bond acceptors (Lipinski definition) is 3. The molecule has 22 heavy (non-hydrogen) atoms. The fraction of sp³-hybridized carbons (Fsp3) is 0.471. The third-order valence-corrected chi connectivity index (χ3v) is 3.90. The van der Waals surface area contributed by atoms with Crippen molar-refractivity contribution in [1.82, 2.24) is 9.80 Å². The highest BCUT2D eigenvalue weighted by molar-refractivity contribution is 5.84. The van der Waals surface area contributed by atoms with Crippen LogP contribution < -0.4 is 0 Å². The van der Waals surface area contributed by atoms with Crippen molar-refractivity contribution in [2.75, 3.05) is 20.1 Å². The second-order valence-corrected chi connectivity index (χ2v) is 5.69. The Hall–Kier alpha value is -2.35. The molecule has 0 aromatic heterocycles. The van der Waals surface area contributed by atoms with Gasteiger partial charge in [0.05, 0.1) is 18.2 Å². The lowest BCUT2D eigenvalue weighted by Gasteiger charge is -2.24. The summed E-state index contributed by atoms with van der Waals surface area (Å²) in [5, 5.41) is 8.90. The molecule has 1 aliphatic heterocycles. The summed E-state index contributed by atoms with van der Waals surface area (Å²) in [6.45, 7) is 1.26. The second kappa shape index (κ2) is 7.60. The van der Waals surface area contributed by atoms with Crippen LogP contribution in [0.15, 0.2) is 24.3 Å². The predicted octanol–water partition coefficient (Wildman–Crippen LogP) is 1.92. The molecule has 5 heteroatoms. The Morgan fingerprint density at radius 2 is 2.18 bits per heavy atom. The Balaban J connectivity index is 1.93. The van der Waals surface area contributed by atoms with Crippen LogP contribution >= 0.6 is 0 Å². The molecule has 1 aromatic carbocycles. The number of carbonyl (C=O) groups is 2. The van der Waals surface area contributed by atoms with Gasteiger partial charge in [-0.3, -0.25) is 9.59 Å². The van der Waals surface area contributed by atoms with Crippen LogP contribution in [0, 0.1) is 11.3 Å². The van der Waals surface area contributed by atoms with Gasteiger partial charge >= 0.3 is 0 Å². The van der Waals surface area contributed by atoms with Crippen molar-refractivity contribution in [2.45, 2.75) is 32.2 Å². The first-order valence-corrected chi connectivity index (χ1v) is 7.61. The van der Waals surface area contributed by atoms with Crippen LogP contribution in [0.25, 0.3) is 0 Å². The molecule has 2 rings (SSSR count). The van der Waals surface area contributed by atoms with Crippen LogP contribution in [0.4, 0.5) is 0 Å². The van der Waals surface area contributed by atoms with Crippen LogP contribution in [0.3, 0.4) is 0 Å². The van der Waals surface area contributed by atoms with E-state index in [1.54, 1.807) is 29.0 Å². The summed E-state index contributed by atoms with van der Waals surface area (Å²) in [5.74, 6) is 0.00309. The van der Waals surface area contributed by atoms with Crippen molar-refractivity contribution in [2.24, 2.45) is 0 Å². The van der Waals surface area contributed by atoms with Gasteiger partial charge in [-0.2, -0.15) is 5.26 Å². The quantitative estimate of drug-likeness (QED) is 0.853. The molecule has 1 saturated heterocycles. The Morgan fingerprint density at radius 3 is 2.95 bits per heavy atom. The minimum absolute atomic E-state index is 0.0717. The SMILES string of the molecule is CN(Cc1cccc(C#N)c1)C(=O)CN1CCCCCC1=O. The fourth-order valence-corrected chi connectivity index (χ4v) is 2.59. The van der Waals surface area contributed by atoms with E-state index in [4.69, 9.17) is 5.26 Å². The average molecular weight is 299 g/mol. The van der Waals surface area contributed by atoms with Gasteiger partial charge in [-0.25, -0.2) is 0 Å². The van der Waals surface area contributed by atoms with Crippen molar-refractivity contribution >= 4 is 11.8 Å². The molecule has 1 aliphatic rings. The molecular weight excluding hydrogens is 278 g/mol. The van der Waals surface area contributed by atoms with E-state index in [0.29, 0.717) is 25.1 Å². The minimum atomic E-state index is -0.0717. The molecule has 0 aliphatic carbocycles. The highest BCUT2D eigenvalue weighted by Gasteiger charge is 2.21. The maximum atomic E-state index is 12.3. The Bertz CT molecular complexity index is 592. The first-order valence-electron chi connectivity index (χ1n) is 7.61. The van der Waals surface area contributed by atoms with Gasteiger partial charge in [0.1, 0.15) is 0 Å².